The Hall–Kier alpha value is -1.64. The number of aromatic nitrogens is 5. The highest BCUT2D eigenvalue weighted by Gasteiger charge is 2.36. The number of fused-ring (bicyclic) bond motifs is 1. The maximum Gasteiger partial charge on any atom is 0.445 e. The molecule has 1 aliphatic carbocycles. The van der Waals surface area contributed by atoms with E-state index in [2.05, 4.69) is 41.0 Å². The van der Waals surface area contributed by atoms with E-state index in [1.165, 1.54) is 16.7 Å². The second-order valence-electron chi connectivity index (χ2n) is 5.55. The topological polar surface area (TPSA) is 102 Å². The minimum Gasteiger partial charge on any atom is -0.278 e. The summed E-state index contributed by atoms with van der Waals surface area (Å²) in [6, 6.07) is 1.27. The number of halogens is 4. The summed E-state index contributed by atoms with van der Waals surface area (Å²) in [4.78, 5) is -0.0645. The maximum absolute atomic E-state index is 12.7. The molecular weight excluding hydrogens is 461 g/mol. The molecule has 1 aliphatic rings. The fourth-order valence-corrected chi connectivity index (χ4v) is 4.83. The molecule has 0 atom stereocenters. The largest absolute Gasteiger partial charge is 0.445 e. The molecule has 3 heterocycles. The van der Waals surface area contributed by atoms with Gasteiger partial charge in [0.25, 0.3) is 0 Å². The Bertz CT molecular complexity index is 1110. The van der Waals surface area contributed by atoms with E-state index in [4.69, 9.17) is 0 Å². The standard InChI is InChI=1S/C12H8BrF3N6O2S2/c13-7-3-6(26(23,24)21-5-1-2-5)4-22-8(7)17-18-9(22)10-19-20-11(25-10)12(14,15)16/h3-5,21H,1-2H2. The summed E-state index contributed by atoms with van der Waals surface area (Å²) in [7, 11) is -3.77. The molecule has 0 saturated heterocycles. The van der Waals surface area contributed by atoms with E-state index in [1.807, 2.05) is 0 Å². The van der Waals surface area contributed by atoms with Crippen molar-refractivity contribution in [3.8, 4) is 10.8 Å². The van der Waals surface area contributed by atoms with E-state index in [0.717, 1.165) is 12.8 Å². The SMILES string of the molecule is O=S(=O)(NC1CC1)c1cc(Br)c2nnc(-c3nnc(C(F)(F)F)s3)n2c1. The van der Waals surface area contributed by atoms with Crippen LogP contribution in [0.4, 0.5) is 13.2 Å². The van der Waals surface area contributed by atoms with Crippen LogP contribution < -0.4 is 4.72 Å². The molecule has 4 rings (SSSR count). The molecule has 0 spiro atoms. The lowest BCUT2D eigenvalue weighted by atomic mass is 10.4. The van der Waals surface area contributed by atoms with Crippen LogP contribution in [0.3, 0.4) is 0 Å². The third-order valence-corrected chi connectivity index (χ3v) is 6.54. The number of rotatable bonds is 4. The van der Waals surface area contributed by atoms with Crippen LogP contribution in [0.15, 0.2) is 21.6 Å². The molecule has 0 amide bonds. The number of pyridine rings is 1. The van der Waals surface area contributed by atoms with Crippen molar-refractivity contribution in [3.05, 3.63) is 21.7 Å². The molecule has 1 saturated carbocycles. The molecule has 14 heteroatoms. The fraction of sp³-hybridized carbons (Fsp3) is 0.333. The fourth-order valence-electron chi connectivity index (χ4n) is 2.14. The maximum atomic E-state index is 12.7. The highest BCUT2D eigenvalue weighted by molar-refractivity contribution is 9.10. The normalized spacial score (nSPS) is 15.7. The van der Waals surface area contributed by atoms with Crippen LogP contribution in [0.1, 0.15) is 17.8 Å². The van der Waals surface area contributed by atoms with Gasteiger partial charge in [-0.3, -0.25) is 4.40 Å². The summed E-state index contributed by atoms with van der Waals surface area (Å²) in [6.07, 6.45) is -1.84. The first kappa shape index (κ1) is 17.8. The molecule has 1 N–H and O–H groups in total. The van der Waals surface area contributed by atoms with E-state index < -0.39 is 21.2 Å². The number of nitrogens with zero attached hydrogens (tertiary/aromatic N) is 5. The second kappa shape index (κ2) is 5.94. The van der Waals surface area contributed by atoms with Gasteiger partial charge in [0, 0.05) is 12.2 Å². The predicted octanol–water partition coefficient (Wildman–Crippen LogP) is 2.47. The first-order valence-corrected chi connectivity index (χ1v) is 10.2. The Balaban J connectivity index is 1.83. The molecule has 3 aromatic heterocycles. The van der Waals surface area contributed by atoms with E-state index in [1.54, 1.807) is 0 Å². The molecule has 0 bridgehead atoms. The average molecular weight is 469 g/mol. The second-order valence-corrected chi connectivity index (χ2v) is 9.09. The van der Waals surface area contributed by atoms with Gasteiger partial charge in [0.05, 0.1) is 9.37 Å². The van der Waals surface area contributed by atoms with Gasteiger partial charge in [-0.2, -0.15) is 13.2 Å². The summed E-state index contributed by atoms with van der Waals surface area (Å²) in [5.41, 5.74) is 0.245. The smallest absolute Gasteiger partial charge is 0.278 e. The minimum absolute atomic E-state index is 0.0304. The van der Waals surface area contributed by atoms with E-state index in [0.29, 0.717) is 15.8 Å². The van der Waals surface area contributed by atoms with Crippen LogP contribution in [0, 0.1) is 0 Å². The third-order valence-electron chi connectivity index (χ3n) is 3.50. The minimum atomic E-state index is -4.63. The van der Waals surface area contributed by atoms with Crippen LogP contribution in [0.2, 0.25) is 0 Å². The van der Waals surface area contributed by atoms with Crippen molar-refractivity contribution in [1.29, 1.82) is 0 Å². The van der Waals surface area contributed by atoms with Gasteiger partial charge in [-0.05, 0) is 34.8 Å². The Labute approximate surface area is 156 Å². The van der Waals surface area contributed by atoms with Crippen molar-refractivity contribution < 1.29 is 21.6 Å². The van der Waals surface area contributed by atoms with Crippen molar-refractivity contribution in [2.75, 3.05) is 0 Å². The van der Waals surface area contributed by atoms with Crippen LogP contribution in [0.25, 0.3) is 16.5 Å². The Morgan fingerprint density at radius 2 is 1.96 bits per heavy atom. The Kier molecular flexibility index (Phi) is 4.05. The van der Waals surface area contributed by atoms with Gasteiger partial charge in [-0.15, -0.1) is 20.4 Å². The first-order valence-electron chi connectivity index (χ1n) is 7.13. The zero-order valence-corrected chi connectivity index (χ0v) is 15.7. The van der Waals surface area contributed by atoms with Crippen molar-refractivity contribution in [1.82, 2.24) is 29.5 Å². The van der Waals surface area contributed by atoms with E-state index in [9.17, 15) is 21.6 Å². The number of hydrogen-bond donors (Lipinski definition) is 1. The predicted molar refractivity (Wildman–Crippen MR) is 87.9 cm³/mol. The zero-order chi connectivity index (χ0) is 18.7. The van der Waals surface area contributed by atoms with Gasteiger partial charge in [0.1, 0.15) is 0 Å². The molecule has 1 fully saturated rings. The van der Waals surface area contributed by atoms with Crippen molar-refractivity contribution in [3.63, 3.8) is 0 Å². The van der Waals surface area contributed by atoms with Crippen molar-refractivity contribution in [2.45, 2.75) is 30.0 Å². The monoisotopic (exact) mass is 468 g/mol. The molecule has 0 radical (unpaired) electrons. The van der Waals surface area contributed by atoms with Crippen molar-refractivity contribution >= 4 is 42.9 Å². The highest BCUT2D eigenvalue weighted by atomic mass is 79.9. The molecular formula is C12H8BrF3N6O2S2. The first-order chi connectivity index (χ1) is 12.1. The Morgan fingerprint density at radius 3 is 2.58 bits per heavy atom. The van der Waals surface area contributed by atoms with Gasteiger partial charge in [0.15, 0.2) is 16.5 Å². The van der Waals surface area contributed by atoms with Gasteiger partial charge >= 0.3 is 6.18 Å². The lowest BCUT2D eigenvalue weighted by Gasteiger charge is -2.07. The van der Waals surface area contributed by atoms with Crippen LogP contribution in [-0.4, -0.2) is 39.3 Å². The number of hydrogen-bond acceptors (Lipinski definition) is 7. The summed E-state index contributed by atoms with van der Waals surface area (Å²) in [6.45, 7) is 0. The molecule has 0 aromatic carbocycles. The summed E-state index contributed by atoms with van der Waals surface area (Å²) in [5, 5.41) is 13.1. The summed E-state index contributed by atoms with van der Waals surface area (Å²) in [5.74, 6) is -0.0304. The highest BCUT2D eigenvalue weighted by Crippen LogP contribution is 2.35. The third kappa shape index (κ3) is 3.21. The van der Waals surface area contributed by atoms with E-state index >= 15 is 0 Å². The molecule has 3 aromatic rings. The molecule has 26 heavy (non-hydrogen) atoms. The summed E-state index contributed by atoms with van der Waals surface area (Å²) >= 11 is 3.52. The molecule has 0 aliphatic heterocycles. The zero-order valence-electron chi connectivity index (χ0n) is 12.5. The van der Waals surface area contributed by atoms with Crippen LogP contribution >= 0.6 is 27.3 Å². The van der Waals surface area contributed by atoms with Gasteiger partial charge in [0.2, 0.25) is 15.0 Å². The number of nitrogens with one attached hydrogen (secondary N) is 1. The average Bonchev–Trinajstić information content (AvgIpc) is 3.04. The van der Waals surface area contributed by atoms with Crippen LogP contribution in [0.5, 0.6) is 0 Å². The van der Waals surface area contributed by atoms with Crippen molar-refractivity contribution in [2.24, 2.45) is 0 Å². The number of sulfonamides is 1. The number of alkyl halides is 3. The van der Waals surface area contributed by atoms with E-state index in [-0.39, 0.29) is 27.4 Å². The molecule has 8 nitrogen and oxygen atoms in total. The van der Waals surface area contributed by atoms with Gasteiger partial charge in [-0.1, -0.05) is 11.3 Å². The van der Waals surface area contributed by atoms with Crippen LogP contribution in [-0.2, 0) is 16.2 Å². The summed E-state index contributed by atoms with van der Waals surface area (Å²) < 4.78 is 67.2. The van der Waals surface area contributed by atoms with Gasteiger partial charge < -0.3 is 0 Å². The Morgan fingerprint density at radius 1 is 1.23 bits per heavy atom. The molecule has 0 unspecified atom stereocenters. The lowest BCUT2D eigenvalue weighted by molar-refractivity contribution is -0.138. The lowest BCUT2D eigenvalue weighted by Crippen LogP contribution is -2.26. The van der Waals surface area contributed by atoms with Gasteiger partial charge in [-0.25, -0.2) is 13.1 Å². The molecule has 138 valence electrons. The quantitative estimate of drug-likeness (QED) is 0.630.